The maximum Gasteiger partial charge on any atom is 0.224 e. The average molecular weight is 402 g/mol. The van der Waals surface area contributed by atoms with E-state index in [9.17, 15) is 4.79 Å². The monoisotopic (exact) mass is 401 g/mol. The number of fused-ring (bicyclic) bond motifs is 1. The van der Waals surface area contributed by atoms with Gasteiger partial charge in [0.2, 0.25) is 5.91 Å². The Hall–Kier alpha value is -2.26. The molecule has 158 valence electrons. The Morgan fingerprint density at radius 2 is 2.07 bits per heavy atom. The summed E-state index contributed by atoms with van der Waals surface area (Å²) in [7, 11) is 0. The number of hydrogen-bond acceptors (Lipinski definition) is 7. The molecule has 1 N–H and O–H groups in total. The smallest absolute Gasteiger partial charge is 0.224 e. The minimum absolute atomic E-state index is 0.00332. The zero-order chi connectivity index (χ0) is 20.2. The van der Waals surface area contributed by atoms with Gasteiger partial charge in [0.05, 0.1) is 19.1 Å². The van der Waals surface area contributed by atoms with Crippen LogP contribution >= 0.6 is 0 Å². The molecule has 4 rings (SSSR count). The van der Waals surface area contributed by atoms with E-state index >= 15 is 0 Å². The van der Waals surface area contributed by atoms with Crippen LogP contribution in [-0.2, 0) is 9.53 Å². The van der Waals surface area contributed by atoms with E-state index in [2.05, 4.69) is 39.2 Å². The first kappa shape index (κ1) is 20.0. The summed E-state index contributed by atoms with van der Waals surface area (Å²) in [5.74, 6) is 2.13. The molecule has 29 heavy (non-hydrogen) atoms. The van der Waals surface area contributed by atoms with E-state index in [-0.39, 0.29) is 17.7 Å². The quantitative estimate of drug-likeness (QED) is 0.770. The van der Waals surface area contributed by atoms with Gasteiger partial charge in [-0.1, -0.05) is 13.8 Å². The lowest BCUT2D eigenvalue weighted by molar-refractivity contribution is -0.125. The van der Waals surface area contributed by atoms with Crippen LogP contribution in [0.4, 0.5) is 5.82 Å². The number of nitrogens with zero attached hydrogens (tertiary/aromatic N) is 6. The van der Waals surface area contributed by atoms with Crippen molar-refractivity contribution in [1.29, 1.82) is 0 Å². The maximum absolute atomic E-state index is 12.7. The third-order valence-corrected chi connectivity index (χ3v) is 5.74. The number of anilines is 1. The van der Waals surface area contributed by atoms with Gasteiger partial charge in [-0.05, 0) is 25.0 Å². The largest absolute Gasteiger partial charge is 0.379 e. The molecule has 0 aromatic carbocycles. The van der Waals surface area contributed by atoms with Gasteiger partial charge in [-0.3, -0.25) is 9.69 Å². The van der Waals surface area contributed by atoms with Crippen LogP contribution in [0.1, 0.15) is 38.4 Å². The van der Waals surface area contributed by atoms with Crippen molar-refractivity contribution in [2.45, 2.75) is 32.6 Å². The number of nitrogens with one attached hydrogen (secondary N) is 1. The maximum atomic E-state index is 12.7. The van der Waals surface area contributed by atoms with Crippen molar-refractivity contribution >= 4 is 17.4 Å². The second-order valence-corrected chi connectivity index (χ2v) is 8.20. The van der Waals surface area contributed by atoms with Gasteiger partial charge >= 0.3 is 0 Å². The molecule has 2 aromatic heterocycles. The molecule has 1 unspecified atom stereocenters. The number of rotatable bonds is 6. The van der Waals surface area contributed by atoms with E-state index in [1.54, 1.807) is 0 Å². The lowest BCUT2D eigenvalue weighted by atomic mass is 9.97. The minimum atomic E-state index is -0.00332. The van der Waals surface area contributed by atoms with Crippen LogP contribution in [-0.4, -0.2) is 83.1 Å². The predicted octanol–water partition coefficient (Wildman–Crippen LogP) is 0.913. The summed E-state index contributed by atoms with van der Waals surface area (Å²) in [5, 5.41) is 16.3. The fourth-order valence-corrected chi connectivity index (χ4v) is 4.03. The Morgan fingerprint density at radius 1 is 1.24 bits per heavy atom. The molecule has 2 aliphatic rings. The van der Waals surface area contributed by atoms with Crippen LogP contribution in [0.15, 0.2) is 12.1 Å². The average Bonchev–Trinajstić information content (AvgIpc) is 3.18. The fraction of sp³-hybridized carbons (Fsp3) is 0.700. The standard InChI is InChI=1S/C20H31N7O2/c1-15(2)19-23-22-17-5-6-18(24-27(17)19)26-8-3-4-16(14-26)20(28)21-7-9-25-10-12-29-13-11-25/h5-6,15-16H,3-4,7-14H2,1-2H3,(H,21,28). The normalized spacial score (nSPS) is 21.1. The molecule has 0 spiro atoms. The van der Waals surface area contributed by atoms with E-state index in [0.29, 0.717) is 13.1 Å². The highest BCUT2D eigenvalue weighted by molar-refractivity contribution is 5.79. The summed E-state index contributed by atoms with van der Waals surface area (Å²) < 4.78 is 7.19. The first-order chi connectivity index (χ1) is 14.1. The summed E-state index contributed by atoms with van der Waals surface area (Å²) in [5.41, 5.74) is 0.756. The highest BCUT2D eigenvalue weighted by Gasteiger charge is 2.27. The molecule has 0 aliphatic carbocycles. The van der Waals surface area contributed by atoms with Crippen LogP contribution in [0.2, 0.25) is 0 Å². The second-order valence-electron chi connectivity index (χ2n) is 8.20. The van der Waals surface area contributed by atoms with E-state index in [1.165, 1.54) is 0 Å². The van der Waals surface area contributed by atoms with E-state index in [4.69, 9.17) is 9.84 Å². The summed E-state index contributed by atoms with van der Waals surface area (Å²) in [6, 6.07) is 3.93. The SMILES string of the molecule is CC(C)c1nnc2ccc(N3CCCC(C(=O)NCCN4CCOCC4)C3)nn12. The summed E-state index contributed by atoms with van der Waals surface area (Å²) >= 11 is 0. The van der Waals surface area contributed by atoms with Gasteiger partial charge in [0.25, 0.3) is 0 Å². The number of aromatic nitrogens is 4. The number of ether oxygens (including phenoxy) is 1. The molecular weight excluding hydrogens is 370 g/mol. The van der Waals surface area contributed by atoms with Crippen LogP contribution in [0.25, 0.3) is 5.65 Å². The van der Waals surface area contributed by atoms with Gasteiger partial charge in [0, 0.05) is 45.2 Å². The van der Waals surface area contributed by atoms with Gasteiger partial charge in [-0.15, -0.1) is 15.3 Å². The van der Waals surface area contributed by atoms with Gasteiger partial charge in [-0.2, -0.15) is 4.52 Å². The molecule has 9 heteroatoms. The summed E-state index contributed by atoms with van der Waals surface area (Å²) in [6.45, 7) is 10.8. The lowest BCUT2D eigenvalue weighted by Gasteiger charge is -2.33. The Morgan fingerprint density at radius 3 is 2.86 bits per heavy atom. The Kier molecular flexibility index (Phi) is 6.25. The minimum Gasteiger partial charge on any atom is -0.379 e. The molecule has 4 heterocycles. The molecular formula is C20H31N7O2. The first-order valence-corrected chi connectivity index (χ1v) is 10.7. The van der Waals surface area contributed by atoms with Crippen molar-refractivity contribution in [3.63, 3.8) is 0 Å². The molecule has 1 amide bonds. The van der Waals surface area contributed by atoms with Crippen molar-refractivity contribution in [2.24, 2.45) is 5.92 Å². The highest BCUT2D eigenvalue weighted by atomic mass is 16.5. The van der Waals surface area contributed by atoms with Crippen molar-refractivity contribution in [3.8, 4) is 0 Å². The van der Waals surface area contributed by atoms with Gasteiger partial charge < -0.3 is 15.0 Å². The van der Waals surface area contributed by atoms with Crippen molar-refractivity contribution in [1.82, 2.24) is 30.0 Å². The number of piperidine rings is 1. The molecule has 0 radical (unpaired) electrons. The van der Waals surface area contributed by atoms with Crippen LogP contribution in [0.5, 0.6) is 0 Å². The summed E-state index contributed by atoms with van der Waals surface area (Å²) in [6.07, 6.45) is 1.91. The number of morpholine rings is 1. The number of carbonyl (C=O) groups excluding carboxylic acids is 1. The van der Waals surface area contributed by atoms with Gasteiger partial charge in [0.15, 0.2) is 11.5 Å². The molecule has 9 nitrogen and oxygen atoms in total. The highest BCUT2D eigenvalue weighted by Crippen LogP contribution is 2.23. The van der Waals surface area contributed by atoms with E-state index < -0.39 is 0 Å². The molecule has 0 saturated carbocycles. The molecule has 2 fully saturated rings. The number of hydrogen-bond donors (Lipinski definition) is 1. The Balaban J connectivity index is 1.35. The number of carbonyl (C=O) groups is 1. The third kappa shape index (κ3) is 4.67. The zero-order valence-corrected chi connectivity index (χ0v) is 17.4. The fourth-order valence-electron chi connectivity index (χ4n) is 4.03. The lowest BCUT2D eigenvalue weighted by Crippen LogP contribution is -2.46. The van der Waals surface area contributed by atoms with E-state index in [0.717, 1.165) is 69.5 Å². The Bertz CT molecular complexity index is 831. The molecule has 2 aromatic rings. The predicted molar refractivity (Wildman–Crippen MR) is 110 cm³/mol. The third-order valence-electron chi connectivity index (χ3n) is 5.74. The topological polar surface area (TPSA) is 87.9 Å². The van der Waals surface area contributed by atoms with Gasteiger partial charge in [0.1, 0.15) is 5.82 Å². The second kappa shape index (κ2) is 9.04. The summed E-state index contributed by atoms with van der Waals surface area (Å²) in [4.78, 5) is 17.2. The van der Waals surface area contributed by atoms with Crippen molar-refractivity contribution < 1.29 is 9.53 Å². The molecule has 2 saturated heterocycles. The van der Waals surface area contributed by atoms with E-state index in [1.807, 2.05) is 16.6 Å². The van der Waals surface area contributed by atoms with Crippen LogP contribution in [0, 0.1) is 5.92 Å². The first-order valence-electron chi connectivity index (χ1n) is 10.7. The Labute approximate surface area is 171 Å². The molecule has 2 aliphatic heterocycles. The zero-order valence-electron chi connectivity index (χ0n) is 17.4. The van der Waals surface area contributed by atoms with Gasteiger partial charge in [-0.25, -0.2) is 0 Å². The van der Waals surface area contributed by atoms with Crippen molar-refractivity contribution in [3.05, 3.63) is 18.0 Å². The van der Waals surface area contributed by atoms with Crippen molar-refractivity contribution in [2.75, 3.05) is 57.4 Å². The van der Waals surface area contributed by atoms with Crippen LogP contribution in [0.3, 0.4) is 0 Å². The molecule has 0 bridgehead atoms. The molecule has 1 atom stereocenters. The number of amides is 1. The van der Waals surface area contributed by atoms with Crippen LogP contribution < -0.4 is 10.2 Å².